The van der Waals surface area contributed by atoms with Crippen LogP contribution in [0.1, 0.15) is 11.6 Å². The smallest absolute Gasteiger partial charge is 0.192 e. The summed E-state index contributed by atoms with van der Waals surface area (Å²) in [5.41, 5.74) is 4.92. The number of aromatic nitrogens is 3. The first-order chi connectivity index (χ1) is 8.13. The molecule has 1 aromatic carbocycles. The largest absolute Gasteiger partial charge is 0.441 e. The van der Waals surface area contributed by atoms with E-state index in [0.717, 1.165) is 28.1 Å². The first-order valence-electron chi connectivity index (χ1n) is 5.52. The molecular formula is C13H13N3O. The van der Waals surface area contributed by atoms with Crippen LogP contribution in [0, 0.1) is 13.8 Å². The molecule has 3 aromatic rings. The van der Waals surface area contributed by atoms with Gasteiger partial charge in [-0.2, -0.15) is 5.10 Å². The van der Waals surface area contributed by atoms with Crippen molar-refractivity contribution >= 4 is 11.1 Å². The van der Waals surface area contributed by atoms with E-state index in [4.69, 9.17) is 4.42 Å². The van der Waals surface area contributed by atoms with Crippen molar-refractivity contribution in [1.82, 2.24) is 14.8 Å². The summed E-state index contributed by atoms with van der Waals surface area (Å²) in [6.45, 7) is 3.84. The van der Waals surface area contributed by atoms with Crippen molar-refractivity contribution in [2.75, 3.05) is 0 Å². The van der Waals surface area contributed by atoms with Crippen molar-refractivity contribution < 1.29 is 4.42 Å². The molecule has 0 fully saturated rings. The number of hydrogen-bond acceptors (Lipinski definition) is 3. The molecule has 0 bridgehead atoms. The van der Waals surface area contributed by atoms with Crippen LogP contribution in [-0.4, -0.2) is 14.8 Å². The summed E-state index contributed by atoms with van der Waals surface area (Å²) in [7, 11) is 1.95. The number of nitrogens with zero attached hydrogens (tertiary/aromatic N) is 3. The first-order valence-corrected chi connectivity index (χ1v) is 5.52. The molecule has 0 amide bonds. The van der Waals surface area contributed by atoms with Crippen LogP contribution in [0.15, 0.2) is 28.7 Å². The summed E-state index contributed by atoms with van der Waals surface area (Å²) in [6, 6.07) is 8.08. The van der Waals surface area contributed by atoms with Crippen molar-refractivity contribution in [3.8, 4) is 11.3 Å². The van der Waals surface area contributed by atoms with Crippen LogP contribution in [0.5, 0.6) is 0 Å². The fourth-order valence-corrected chi connectivity index (χ4v) is 2.08. The Hall–Kier alpha value is -2.10. The molecule has 17 heavy (non-hydrogen) atoms. The Morgan fingerprint density at radius 2 is 2.00 bits per heavy atom. The molecule has 0 radical (unpaired) electrons. The van der Waals surface area contributed by atoms with E-state index in [2.05, 4.69) is 16.1 Å². The topological polar surface area (TPSA) is 43.9 Å². The van der Waals surface area contributed by atoms with Crippen LogP contribution >= 0.6 is 0 Å². The highest BCUT2D eigenvalue weighted by atomic mass is 16.3. The number of aryl methyl sites for hydroxylation is 3. The first kappa shape index (κ1) is 10.1. The van der Waals surface area contributed by atoms with Gasteiger partial charge in [0.15, 0.2) is 11.5 Å². The van der Waals surface area contributed by atoms with Crippen molar-refractivity contribution in [1.29, 1.82) is 0 Å². The summed E-state index contributed by atoms with van der Waals surface area (Å²) < 4.78 is 7.34. The van der Waals surface area contributed by atoms with Gasteiger partial charge in [0, 0.05) is 19.5 Å². The maximum Gasteiger partial charge on any atom is 0.192 e. The Balaban J connectivity index is 2.20. The van der Waals surface area contributed by atoms with Crippen LogP contribution in [0.25, 0.3) is 22.4 Å². The summed E-state index contributed by atoms with van der Waals surface area (Å²) in [5.74, 6) is 0.693. The minimum absolute atomic E-state index is 0.693. The number of hydrogen-bond donors (Lipinski definition) is 0. The van der Waals surface area contributed by atoms with E-state index in [9.17, 15) is 0 Å². The minimum Gasteiger partial charge on any atom is -0.441 e. The van der Waals surface area contributed by atoms with E-state index < -0.39 is 0 Å². The fraction of sp³-hybridized carbons (Fsp3) is 0.231. The molecule has 0 unspecified atom stereocenters. The van der Waals surface area contributed by atoms with Gasteiger partial charge in [0.2, 0.25) is 0 Å². The third-order valence-corrected chi connectivity index (χ3v) is 2.79. The Morgan fingerprint density at radius 1 is 1.18 bits per heavy atom. The zero-order valence-electron chi connectivity index (χ0n) is 10.1. The molecule has 2 aromatic heterocycles. The monoisotopic (exact) mass is 227 g/mol. The maximum absolute atomic E-state index is 5.46. The van der Waals surface area contributed by atoms with E-state index in [0.29, 0.717) is 5.89 Å². The highest BCUT2D eigenvalue weighted by molar-refractivity contribution is 5.79. The molecule has 86 valence electrons. The molecule has 4 nitrogen and oxygen atoms in total. The molecule has 0 aliphatic carbocycles. The Kier molecular flexibility index (Phi) is 2.04. The zero-order chi connectivity index (χ0) is 12.0. The Morgan fingerprint density at radius 3 is 2.71 bits per heavy atom. The highest BCUT2D eigenvalue weighted by Gasteiger charge is 2.08. The van der Waals surface area contributed by atoms with Gasteiger partial charge in [0.1, 0.15) is 5.52 Å². The number of oxazole rings is 1. The minimum atomic E-state index is 0.693. The lowest BCUT2D eigenvalue weighted by atomic mass is 10.1. The normalized spacial score (nSPS) is 11.2. The quantitative estimate of drug-likeness (QED) is 0.642. The summed E-state index contributed by atoms with van der Waals surface area (Å²) >= 11 is 0. The molecule has 0 aliphatic rings. The van der Waals surface area contributed by atoms with Gasteiger partial charge in [-0.1, -0.05) is 0 Å². The van der Waals surface area contributed by atoms with Gasteiger partial charge in [-0.05, 0) is 31.2 Å². The molecule has 0 saturated carbocycles. The molecular weight excluding hydrogens is 214 g/mol. The molecule has 4 heteroatoms. The second-order valence-corrected chi connectivity index (χ2v) is 4.21. The maximum atomic E-state index is 5.46. The van der Waals surface area contributed by atoms with Crippen LogP contribution in [-0.2, 0) is 7.05 Å². The van der Waals surface area contributed by atoms with E-state index in [1.165, 1.54) is 0 Å². The average molecular weight is 227 g/mol. The van der Waals surface area contributed by atoms with E-state index in [1.807, 2.05) is 43.8 Å². The van der Waals surface area contributed by atoms with Gasteiger partial charge in [-0.15, -0.1) is 0 Å². The van der Waals surface area contributed by atoms with Gasteiger partial charge in [0.25, 0.3) is 0 Å². The summed E-state index contributed by atoms with van der Waals surface area (Å²) in [4.78, 5) is 4.34. The van der Waals surface area contributed by atoms with Gasteiger partial charge < -0.3 is 4.42 Å². The lowest BCUT2D eigenvalue weighted by molar-refractivity contribution is 0.561. The predicted molar refractivity (Wildman–Crippen MR) is 65.7 cm³/mol. The van der Waals surface area contributed by atoms with Gasteiger partial charge >= 0.3 is 0 Å². The molecule has 0 saturated heterocycles. The second kappa shape index (κ2) is 3.45. The van der Waals surface area contributed by atoms with E-state index in [-0.39, 0.29) is 0 Å². The lowest BCUT2D eigenvalue weighted by Crippen LogP contribution is -1.93. The van der Waals surface area contributed by atoms with Crippen LogP contribution in [0.4, 0.5) is 0 Å². The lowest BCUT2D eigenvalue weighted by Gasteiger charge is -2.00. The standard InChI is InChI=1S/C13H13N3O/c1-8-6-12(16(3)15-8)10-4-5-13-11(7-10)14-9(2)17-13/h4-7H,1-3H3. The predicted octanol–water partition coefficient (Wildman–Crippen LogP) is 2.85. The Labute approximate surface area is 98.9 Å². The zero-order valence-corrected chi connectivity index (χ0v) is 10.1. The molecule has 2 heterocycles. The highest BCUT2D eigenvalue weighted by Crippen LogP contribution is 2.24. The SMILES string of the molecule is Cc1cc(-c2ccc3oc(C)nc3c2)n(C)n1. The fourth-order valence-electron chi connectivity index (χ4n) is 2.08. The molecule has 0 N–H and O–H groups in total. The van der Waals surface area contributed by atoms with E-state index >= 15 is 0 Å². The third kappa shape index (κ3) is 1.62. The second-order valence-electron chi connectivity index (χ2n) is 4.21. The molecule has 0 spiro atoms. The number of fused-ring (bicyclic) bond motifs is 1. The van der Waals surface area contributed by atoms with Crippen molar-refractivity contribution in [3.63, 3.8) is 0 Å². The summed E-state index contributed by atoms with van der Waals surface area (Å²) in [5, 5.41) is 4.35. The van der Waals surface area contributed by atoms with Crippen LogP contribution in [0.3, 0.4) is 0 Å². The number of benzene rings is 1. The Bertz CT molecular complexity index is 694. The molecule has 0 atom stereocenters. The van der Waals surface area contributed by atoms with E-state index in [1.54, 1.807) is 0 Å². The van der Waals surface area contributed by atoms with Gasteiger partial charge in [-0.25, -0.2) is 4.98 Å². The van der Waals surface area contributed by atoms with Crippen molar-refractivity contribution in [2.24, 2.45) is 7.05 Å². The van der Waals surface area contributed by atoms with Gasteiger partial charge in [0.05, 0.1) is 11.4 Å². The molecule has 3 rings (SSSR count). The third-order valence-electron chi connectivity index (χ3n) is 2.79. The average Bonchev–Trinajstić information content (AvgIpc) is 2.78. The van der Waals surface area contributed by atoms with Crippen molar-refractivity contribution in [2.45, 2.75) is 13.8 Å². The van der Waals surface area contributed by atoms with Crippen LogP contribution < -0.4 is 0 Å². The molecule has 0 aliphatic heterocycles. The van der Waals surface area contributed by atoms with Gasteiger partial charge in [-0.3, -0.25) is 4.68 Å². The van der Waals surface area contributed by atoms with Crippen molar-refractivity contribution in [3.05, 3.63) is 35.9 Å². The summed E-state index contributed by atoms with van der Waals surface area (Å²) in [6.07, 6.45) is 0. The number of rotatable bonds is 1. The van der Waals surface area contributed by atoms with Crippen LogP contribution in [0.2, 0.25) is 0 Å².